The molecule has 0 saturated heterocycles. The van der Waals surface area contributed by atoms with Crippen molar-refractivity contribution in [3.05, 3.63) is 23.8 Å². The molecule has 1 aliphatic rings. The molecule has 0 bridgehead atoms. The zero-order chi connectivity index (χ0) is 14.0. The van der Waals surface area contributed by atoms with Crippen LogP contribution in [0.4, 0.5) is 0 Å². The van der Waals surface area contributed by atoms with Gasteiger partial charge in [-0.15, -0.1) is 0 Å². The van der Waals surface area contributed by atoms with Crippen LogP contribution in [0.1, 0.15) is 37.6 Å². The van der Waals surface area contributed by atoms with Crippen molar-refractivity contribution in [3.8, 4) is 11.5 Å². The Balaban J connectivity index is 1.97. The highest BCUT2D eigenvalue weighted by Gasteiger charge is 2.29. The molecule has 0 N–H and O–H groups in total. The lowest BCUT2D eigenvalue weighted by Crippen LogP contribution is -2.29. The maximum atomic E-state index is 11.7. The SMILES string of the molecule is CC(C)(C)OC(=O)CC1Oc2ccc(C=O)cc2O1. The summed E-state index contributed by atoms with van der Waals surface area (Å²) in [5.41, 5.74) is -0.0342. The van der Waals surface area contributed by atoms with Crippen molar-refractivity contribution in [2.75, 3.05) is 0 Å². The van der Waals surface area contributed by atoms with Crippen molar-refractivity contribution in [1.82, 2.24) is 0 Å². The number of aldehydes is 1. The van der Waals surface area contributed by atoms with Crippen LogP contribution in [0.2, 0.25) is 0 Å². The van der Waals surface area contributed by atoms with Crippen LogP contribution in [0, 0.1) is 0 Å². The van der Waals surface area contributed by atoms with Gasteiger partial charge >= 0.3 is 5.97 Å². The van der Waals surface area contributed by atoms with Gasteiger partial charge in [0, 0.05) is 5.56 Å². The van der Waals surface area contributed by atoms with E-state index < -0.39 is 11.9 Å². The Hall–Kier alpha value is -2.04. The minimum Gasteiger partial charge on any atom is -0.460 e. The van der Waals surface area contributed by atoms with Gasteiger partial charge in [0.2, 0.25) is 0 Å². The quantitative estimate of drug-likeness (QED) is 0.619. The first-order valence-corrected chi connectivity index (χ1v) is 6.02. The van der Waals surface area contributed by atoms with Crippen LogP contribution in [-0.2, 0) is 9.53 Å². The summed E-state index contributed by atoms with van der Waals surface area (Å²) < 4.78 is 16.1. The molecule has 1 aromatic carbocycles. The highest BCUT2D eigenvalue weighted by molar-refractivity contribution is 5.76. The minimum absolute atomic E-state index is 0.00235. The van der Waals surface area contributed by atoms with Gasteiger partial charge in [-0.1, -0.05) is 0 Å². The topological polar surface area (TPSA) is 61.8 Å². The smallest absolute Gasteiger partial charge is 0.313 e. The predicted octanol–water partition coefficient (Wildman–Crippen LogP) is 2.33. The van der Waals surface area contributed by atoms with E-state index >= 15 is 0 Å². The van der Waals surface area contributed by atoms with Crippen molar-refractivity contribution in [2.24, 2.45) is 0 Å². The van der Waals surface area contributed by atoms with Crippen LogP contribution < -0.4 is 9.47 Å². The Labute approximate surface area is 111 Å². The highest BCUT2D eigenvalue weighted by Crippen LogP contribution is 2.36. The Morgan fingerprint density at radius 3 is 2.63 bits per heavy atom. The number of hydrogen-bond acceptors (Lipinski definition) is 5. The van der Waals surface area contributed by atoms with Gasteiger partial charge in [0.15, 0.2) is 11.5 Å². The first-order chi connectivity index (χ1) is 8.87. The summed E-state index contributed by atoms with van der Waals surface area (Å²) in [5, 5.41) is 0. The Morgan fingerprint density at radius 2 is 2.00 bits per heavy atom. The molecule has 0 fully saturated rings. The van der Waals surface area contributed by atoms with Crippen molar-refractivity contribution in [2.45, 2.75) is 39.1 Å². The lowest BCUT2D eigenvalue weighted by molar-refractivity contribution is -0.159. The van der Waals surface area contributed by atoms with E-state index in [1.54, 1.807) is 39.0 Å². The highest BCUT2D eigenvalue weighted by atomic mass is 16.7. The number of carbonyl (C=O) groups is 2. The molecule has 1 aliphatic heterocycles. The predicted molar refractivity (Wildman–Crippen MR) is 67.3 cm³/mol. The zero-order valence-electron chi connectivity index (χ0n) is 11.1. The lowest BCUT2D eigenvalue weighted by Gasteiger charge is -2.20. The van der Waals surface area contributed by atoms with E-state index in [4.69, 9.17) is 14.2 Å². The van der Waals surface area contributed by atoms with Gasteiger partial charge in [-0.2, -0.15) is 0 Å². The molecule has 5 heteroatoms. The number of benzene rings is 1. The first kappa shape index (κ1) is 13.4. The number of hydrogen-bond donors (Lipinski definition) is 0. The molecule has 1 atom stereocenters. The fourth-order valence-corrected chi connectivity index (χ4v) is 1.70. The summed E-state index contributed by atoms with van der Waals surface area (Å²) in [6, 6.07) is 4.86. The third kappa shape index (κ3) is 3.47. The lowest BCUT2D eigenvalue weighted by atomic mass is 10.2. The fourth-order valence-electron chi connectivity index (χ4n) is 1.70. The standard InChI is InChI=1S/C14H16O5/c1-14(2,3)19-12(16)7-13-17-10-5-4-9(8-15)6-11(10)18-13/h4-6,8,13H,7H2,1-3H3. The molecule has 0 amide bonds. The van der Waals surface area contributed by atoms with Crippen LogP contribution in [0.3, 0.4) is 0 Å². The van der Waals surface area contributed by atoms with Gasteiger partial charge < -0.3 is 14.2 Å². The van der Waals surface area contributed by atoms with E-state index in [1.807, 2.05) is 0 Å². The van der Waals surface area contributed by atoms with Gasteiger partial charge in [-0.3, -0.25) is 9.59 Å². The average Bonchev–Trinajstić information content (AvgIpc) is 2.66. The molecule has 0 aromatic heterocycles. The first-order valence-electron chi connectivity index (χ1n) is 6.02. The zero-order valence-corrected chi connectivity index (χ0v) is 11.1. The van der Waals surface area contributed by atoms with Gasteiger partial charge in [0.25, 0.3) is 6.29 Å². The molecule has 1 unspecified atom stereocenters. The number of carbonyl (C=O) groups excluding carboxylic acids is 2. The third-order valence-electron chi connectivity index (χ3n) is 2.37. The molecule has 2 rings (SSSR count). The summed E-state index contributed by atoms with van der Waals surface area (Å²) in [6.45, 7) is 5.39. The maximum Gasteiger partial charge on any atom is 0.313 e. The largest absolute Gasteiger partial charge is 0.460 e. The van der Waals surface area contributed by atoms with Crippen molar-refractivity contribution in [1.29, 1.82) is 0 Å². The average molecular weight is 264 g/mol. The normalized spacial score (nSPS) is 17.1. The second-order valence-corrected chi connectivity index (χ2v) is 5.28. The summed E-state index contributed by atoms with van der Waals surface area (Å²) in [7, 11) is 0. The molecule has 19 heavy (non-hydrogen) atoms. The Kier molecular flexibility index (Phi) is 3.46. The van der Waals surface area contributed by atoms with Crippen LogP contribution in [0.5, 0.6) is 11.5 Å². The van der Waals surface area contributed by atoms with Crippen LogP contribution >= 0.6 is 0 Å². The minimum atomic E-state index is -0.702. The molecule has 102 valence electrons. The van der Waals surface area contributed by atoms with Gasteiger partial charge in [0.05, 0.1) is 0 Å². The van der Waals surface area contributed by atoms with Crippen molar-refractivity contribution in [3.63, 3.8) is 0 Å². The molecule has 1 heterocycles. The molecule has 1 aromatic rings. The monoisotopic (exact) mass is 264 g/mol. The van der Waals surface area contributed by atoms with Crippen LogP contribution in [-0.4, -0.2) is 24.1 Å². The van der Waals surface area contributed by atoms with Gasteiger partial charge in [-0.25, -0.2) is 0 Å². The summed E-state index contributed by atoms with van der Waals surface area (Å²) in [6.07, 6.45) is 0.0273. The van der Waals surface area contributed by atoms with E-state index in [0.29, 0.717) is 17.1 Å². The molecule has 0 aliphatic carbocycles. The van der Waals surface area contributed by atoms with Crippen LogP contribution in [0.15, 0.2) is 18.2 Å². The number of fused-ring (bicyclic) bond motifs is 1. The summed E-state index contributed by atoms with van der Waals surface area (Å²) >= 11 is 0. The summed E-state index contributed by atoms with van der Waals surface area (Å²) in [4.78, 5) is 22.3. The van der Waals surface area contributed by atoms with E-state index in [0.717, 1.165) is 6.29 Å². The molecule has 5 nitrogen and oxygen atoms in total. The van der Waals surface area contributed by atoms with E-state index in [-0.39, 0.29) is 12.4 Å². The van der Waals surface area contributed by atoms with Gasteiger partial charge in [0.1, 0.15) is 18.3 Å². The number of rotatable bonds is 3. The Morgan fingerprint density at radius 1 is 1.32 bits per heavy atom. The van der Waals surface area contributed by atoms with Gasteiger partial charge in [-0.05, 0) is 39.0 Å². The van der Waals surface area contributed by atoms with E-state index in [2.05, 4.69) is 0 Å². The molecule has 0 radical (unpaired) electrons. The molecular formula is C14H16O5. The second kappa shape index (κ2) is 4.91. The third-order valence-corrected chi connectivity index (χ3v) is 2.37. The molecule has 0 spiro atoms. The van der Waals surface area contributed by atoms with Crippen molar-refractivity contribution < 1.29 is 23.8 Å². The molecular weight excluding hydrogens is 248 g/mol. The van der Waals surface area contributed by atoms with E-state index in [1.165, 1.54) is 0 Å². The second-order valence-electron chi connectivity index (χ2n) is 5.28. The van der Waals surface area contributed by atoms with Crippen LogP contribution in [0.25, 0.3) is 0 Å². The maximum absolute atomic E-state index is 11.7. The van der Waals surface area contributed by atoms with E-state index in [9.17, 15) is 9.59 Å². The Bertz CT molecular complexity index is 501. The fraction of sp³-hybridized carbons (Fsp3) is 0.429. The number of esters is 1. The number of ether oxygens (including phenoxy) is 3. The summed E-state index contributed by atoms with van der Waals surface area (Å²) in [5.74, 6) is 0.609. The van der Waals surface area contributed by atoms with Crippen molar-refractivity contribution >= 4 is 12.3 Å². The molecule has 0 saturated carbocycles.